The molecule has 0 aliphatic carbocycles. The van der Waals surface area contributed by atoms with Gasteiger partial charge in [0.2, 0.25) is 5.91 Å². The van der Waals surface area contributed by atoms with Gasteiger partial charge in [-0.1, -0.05) is 30.3 Å². The molecule has 1 fully saturated rings. The van der Waals surface area contributed by atoms with Gasteiger partial charge in [0, 0.05) is 30.7 Å². The van der Waals surface area contributed by atoms with Crippen LogP contribution in [0.4, 0.5) is 4.39 Å². The van der Waals surface area contributed by atoms with Crippen molar-refractivity contribution in [2.45, 2.75) is 31.2 Å². The lowest BCUT2D eigenvalue weighted by Gasteiger charge is -2.38. The smallest absolute Gasteiger partial charge is 0.251 e. The second-order valence-electron chi connectivity index (χ2n) is 7.18. The average Bonchev–Trinajstić information content (AvgIpc) is 2.73. The molecular formula is C22H25FN2O3. The molecule has 1 saturated heterocycles. The minimum Gasteiger partial charge on any atom is -0.381 e. The molecule has 0 saturated carbocycles. The summed E-state index contributed by atoms with van der Waals surface area (Å²) in [5.74, 6) is -0.827. The van der Waals surface area contributed by atoms with E-state index in [2.05, 4.69) is 10.6 Å². The molecule has 6 heteroatoms. The highest BCUT2D eigenvalue weighted by Gasteiger charge is 2.35. The van der Waals surface area contributed by atoms with E-state index in [-0.39, 0.29) is 23.0 Å². The van der Waals surface area contributed by atoms with E-state index in [1.807, 2.05) is 6.07 Å². The number of hydrogen-bond donors (Lipinski definition) is 2. The first-order valence-electron chi connectivity index (χ1n) is 9.48. The maximum Gasteiger partial charge on any atom is 0.251 e. The van der Waals surface area contributed by atoms with Gasteiger partial charge in [-0.25, -0.2) is 4.39 Å². The van der Waals surface area contributed by atoms with Crippen LogP contribution in [0.5, 0.6) is 0 Å². The van der Waals surface area contributed by atoms with Gasteiger partial charge in [-0.3, -0.25) is 9.59 Å². The molecule has 1 heterocycles. The normalized spacial score (nSPS) is 16.8. The lowest BCUT2D eigenvalue weighted by atomic mass is 9.74. The Kier molecular flexibility index (Phi) is 6.41. The van der Waals surface area contributed by atoms with Gasteiger partial charge < -0.3 is 15.4 Å². The van der Waals surface area contributed by atoms with Gasteiger partial charge in [-0.2, -0.15) is 0 Å². The lowest BCUT2D eigenvalue weighted by Crippen LogP contribution is -2.50. The Bertz CT molecular complexity index is 802. The fraction of sp³-hybridized carbons (Fsp3) is 0.364. The Morgan fingerprint density at radius 2 is 1.71 bits per heavy atom. The molecule has 0 spiro atoms. The van der Waals surface area contributed by atoms with Crippen LogP contribution in [0.15, 0.2) is 54.6 Å². The number of halogens is 1. The van der Waals surface area contributed by atoms with Gasteiger partial charge >= 0.3 is 0 Å². The van der Waals surface area contributed by atoms with Crippen molar-refractivity contribution in [3.05, 3.63) is 71.5 Å². The van der Waals surface area contributed by atoms with Crippen LogP contribution in [-0.4, -0.2) is 37.6 Å². The van der Waals surface area contributed by atoms with E-state index in [9.17, 15) is 14.0 Å². The molecule has 2 aromatic carbocycles. The topological polar surface area (TPSA) is 67.4 Å². The maximum absolute atomic E-state index is 13.3. The minimum atomic E-state index is -0.669. The van der Waals surface area contributed by atoms with Crippen LogP contribution in [-0.2, 0) is 14.9 Å². The van der Waals surface area contributed by atoms with Crippen molar-refractivity contribution < 1.29 is 18.7 Å². The molecule has 5 nitrogen and oxygen atoms in total. The molecule has 1 unspecified atom stereocenters. The molecule has 3 rings (SSSR count). The van der Waals surface area contributed by atoms with Gasteiger partial charge in [0.25, 0.3) is 5.91 Å². The molecule has 2 N–H and O–H groups in total. The average molecular weight is 384 g/mol. The standard InChI is InChI=1S/C22H25FN2O3/c1-16(25-21(27)17-5-3-2-4-6-17)20(26)24-15-22(11-13-28-14-12-22)18-7-9-19(23)10-8-18/h2-10,16H,11-15H2,1H3,(H,24,26)(H,25,27). The summed E-state index contributed by atoms with van der Waals surface area (Å²) in [6.07, 6.45) is 1.48. The number of carbonyl (C=O) groups is 2. The zero-order chi connectivity index (χ0) is 20.0. The summed E-state index contributed by atoms with van der Waals surface area (Å²) in [5, 5.41) is 5.68. The van der Waals surface area contributed by atoms with E-state index in [0.29, 0.717) is 25.3 Å². The van der Waals surface area contributed by atoms with Crippen molar-refractivity contribution in [1.29, 1.82) is 0 Å². The predicted molar refractivity (Wildman–Crippen MR) is 105 cm³/mol. The monoisotopic (exact) mass is 384 g/mol. The summed E-state index contributed by atoms with van der Waals surface area (Å²) in [4.78, 5) is 24.8. The maximum atomic E-state index is 13.3. The van der Waals surface area contributed by atoms with Crippen molar-refractivity contribution in [2.75, 3.05) is 19.8 Å². The molecule has 1 atom stereocenters. The first-order chi connectivity index (χ1) is 13.5. The lowest BCUT2D eigenvalue weighted by molar-refractivity contribution is -0.123. The number of ether oxygens (including phenoxy) is 1. The van der Waals surface area contributed by atoms with Gasteiger partial charge in [-0.05, 0) is 49.6 Å². The Morgan fingerprint density at radius 1 is 1.07 bits per heavy atom. The van der Waals surface area contributed by atoms with E-state index >= 15 is 0 Å². The highest BCUT2D eigenvalue weighted by atomic mass is 19.1. The number of amides is 2. The van der Waals surface area contributed by atoms with Crippen molar-refractivity contribution in [2.24, 2.45) is 0 Å². The zero-order valence-electron chi connectivity index (χ0n) is 15.9. The van der Waals surface area contributed by atoms with Crippen molar-refractivity contribution in [1.82, 2.24) is 10.6 Å². The SMILES string of the molecule is CC(NC(=O)c1ccccc1)C(=O)NCC1(c2ccc(F)cc2)CCOCC1. The zero-order valence-corrected chi connectivity index (χ0v) is 15.9. The third kappa shape index (κ3) is 4.75. The molecule has 28 heavy (non-hydrogen) atoms. The first-order valence-corrected chi connectivity index (χ1v) is 9.48. The summed E-state index contributed by atoms with van der Waals surface area (Å²) < 4.78 is 18.8. The summed E-state index contributed by atoms with van der Waals surface area (Å²) in [5.41, 5.74) is 1.19. The van der Waals surface area contributed by atoms with E-state index in [0.717, 1.165) is 18.4 Å². The minimum absolute atomic E-state index is 0.253. The largest absolute Gasteiger partial charge is 0.381 e. The fourth-order valence-electron chi connectivity index (χ4n) is 3.48. The second kappa shape index (κ2) is 8.97. The van der Waals surface area contributed by atoms with Crippen LogP contribution in [0.1, 0.15) is 35.7 Å². The third-order valence-corrected chi connectivity index (χ3v) is 5.28. The van der Waals surface area contributed by atoms with Crippen LogP contribution < -0.4 is 10.6 Å². The fourth-order valence-corrected chi connectivity index (χ4v) is 3.48. The van der Waals surface area contributed by atoms with Gasteiger partial charge in [0.05, 0.1) is 0 Å². The quantitative estimate of drug-likeness (QED) is 0.805. The molecule has 0 radical (unpaired) electrons. The number of benzene rings is 2. The highest BCUT2D eigenvalue weighted by molar-refractivity contribution is 5.97. The predicted octanol–water partition coefficient (Wildman–Crippen LogP) is 2.81. The van der Waals surface area contributed by atoms with Crippen LogP contribution >= 0.6 is 0 Å². The number of hydrogen-bond acceptors (Lipinski definition) is 3. The third-order valence-electron chi connectivity index (χ3n) is 5.28. The summed E-state index contributed by atoms with van der Waals surface area (Å²) >= 11 is 0. The van der Waals surface area contributed by atoms with Crippen LogP contribution in [0, 0.1) is 5.82 Å². The molecule has 1 aliphatic rings. The molecule has 0 bridgehead atoms. The number of carbonyl (C=O) groups excluding carboxylic acids is 2. The second-order valence-corrected chi connectivity index (χ2v) is 7.18. The van der Waals surface area contributed by atoms with Crippen LogP contribution in [0.3, 0.4) is 0 Å². The van der Waals surface area contributed by atoms with E-state index in [1.54, 1.807) is 43.3 Å². The van der Waals surface area contributed by atoms with Crippen LogP contribution in [0.2, 0.25) is 0 Å². The molecule has 148 valence electrons. The molecular weight excluding hydrogens is 359 g/mol. The van der Waals surface area contributed by atoms with Crippen LogP contribution in [0.25, 0.3) is 0 Å². The Balaban J connectivity index is 1.63. The Hall–Kier alpha value is -2.73. The highest BCUT2D eigenvalue weighted by Crippen LogP contribution is 2.34. The van der Waals surface area contributed by atoms with E-state index in [1.165, 1.54) is 12.1 Å². The summed E-state index contributed by atoms with van der Waals surface area (Å²) in [6, 6.07) is 14.5. The summed E-state index contributed by atoms with van der Waals surface area (Å²) in [6.45, 7) is 3.25. The van der Waals surface area contributed by atoms with Crippen molar-refractivity contribution in [3.63, 3.8) is 0 Å². The molecule has 0 aromatic heterocycles. The van der Waals surface area contributed by atoms with Gasteiger partial charge in [0.1, 0.15) is 11.9 Å². The summed E-state index contributed by atoms with van der Waals surface area (Å²) in [7, 11) is 0. The van der Waals surface area contributed by atoms with Crippen molar-refractivity contribution >= 4 is 11.8 Å². The Morgan fingerprint density at radius 3 is 2.36 bits per heavy atom. The van der Waals surface area contributed by atoms with Gasteiger partial charge in [0.15, 0.2) is 0 Å². The number of nitrogens with one attached hydrogen (secondary N) is 2. The molecule has 2 amide bonds. The Labute approximate surface area is 164 Å². The van der Waals surface area contributed by atoms with Gasteiger partial charge in [-0.15, -0.1) is 0 Å². The van der Waals surface area contributed by atoms with E-state index < -0.39 is 6.04 Å². The molecule has 2 aromatic rings. The van der Waals surface area contributed by atoms with E-state index in [4.69, 9.17) is 4.74 Å². The molecule has 1 aliphatic heterocycles. The number of rotatable bonds is 6. The first kappa shape index (κ1) is 20.0. The van der Waals surface area contributed by atoms with Crippen molar-refractivity contribution in [3.8, 4) is 0 Å².